The first-order valence-electron chi connectivity index (χ1n) is 6.62. The molecule has 108 valence electrons. The lowest BCUT2D eigenvalue weighted by atomic mass is 9.94. The second-order valence-corrected chi connectivity index (χ2v) is 6.28. The molecule has 0 amide bonds. The molecule has 1 aromatic heterocycles. The molecule has 1 heterocycles. The summed E-state index contributed by atoms with van der Waals surface area (Å²) in [4.78, 5) is 4.30. The van der Waals surface area contributed by atoms with Crippen molar-refractivity contribution in [3.63, 3.8) is 0 Å². The van der Waals surface area contributed by atoms with Crippen molar-refractivity contribution in [2.45, 2.75) is 50.5 Å². The molecule has 2 atom stereocenters. The molecule has 0 saturated carbocycles. The van der Waals surface area contributed by atoms with Gasteiger partial charge in [-0.25, -0.2) is 13.6 Å². The lowest BCUT2D eigenvalue weighted by molar-refractivity contribution is 0.443. The Morgan fingerprint density at radius 3 is 2.47 bits per heavy atom. The maximum absolute atomic E-state index is 11.2. The molecule has 0 radical (unpaired) electrons. The Bertz CT molecular complexity index is 485. The third-order valence-electron chi connectivity index (χ3n) is 3.23. The minimum Gasteiger partial charge on any atom is -0.314 e. The minimum absolute atomic E-state index is 0.0558. The number of nitrogens with zero attached hydrogens (tertiary/aromatic N) is 1. The highest BCUT2D eigenvalue weighted by Crippen LogP contribution is 2.22. The highest BCUT2D eigenvalue weighted by Gasteiger charge is 2.19. The van der Waals surface area contributed by atoms with E-state index in [0.717, 1.165) is 25.1 Å². The van der Waals surface area contributed by atoms with Crippen LogP contribution in [0.1, 0.15) is 45.2 Å². The summed E-state index contributed by atoms with van der Waals surface area (Å²) < 4.78 is 22.4. The number of rotatable bonds is 7. The monoisotopic (exact) mass is 285 g/mol. The molecule has 0 aliphatic heterocycles. The van der Waals surface area contributed by atoms with Gasteiger partial charge >= 0.3 is 0 Å². The molecule has 1 aromatic rings. The van der Waals surface area contributed by atoms with Crippen molar-refractivity contribution in [1.29, 1.82) is 0 Å². The largest absolute Gasteiger partial charge is 0.314 e. The fourth-order valence-electron chi connectivity index (χ4n) is 2.11. The number of nitrogens with one attached hydrogen (secondary N) is 1. The number of pyridine rings is 1. The van der Waals surface area contributed by atoms with E-state index in [1.165, 1.54) is 12.3 Å². The first-order chi connectivity index (χ1) is 8.90. The standard InChI is InChI=1S/C13H23N3O2S/c1-4-8-15-10(3)12(5-2)13-7-6-11(9-16-13)19(14,17)18/h6-7,9-10,12,15H,4-5,8H2,1-3H3,(H2,14,17,18). The summed E-state index contributed by atoms with van der Waals surface area (Å²) in [7, 11) is -3.66. The van der Waals surface area contributed by atoms with Gasteiger partial charge in [0.15, 0.2) is 0 Å². The van der Waals surface area contributed by atoms with Crippen LogP contribution in [0.25, 0.3) is 0 Å². The van der Waals surface area contributed by atoms with Crippen LogP contribution >= 0.6 is 0 Å². The third kappa shape index (κ3) is 4.56. The van der Waals surface area contributed by atoms with Crippen molar-refractivity contribution in [1.82, 2.24) is 10.3 Å². The van der Waals surface area contributed by atoms with Gasteiger partial charge in [0.1, 0.15) is 4.90 Å². The van der Waals surface area contributed by atoms with Crippen LogP contribution in [0.4, 0.5) is 0 Å². The molecular formula is C13H23N3O2S. The van der Waals surface area contributed by atoms with Gasteiger partial charge in [0.05, 0.1) is 0 Å². The van der Waals surface area contributed by atoms with Crippen molar-refractivity contribution < 1.29 is 8.42 Å². The molecular weight excluding hydrogens is 262 g/mol. The topological polar surface area (TPSA) is 85.1 Å². The predicted octanol–water partition coefficient (Wildman–Crippen LogP) is 1.61. The SMILES string of the molecule is CCCNC(C)C(CC)c1ccc(S(N)(=O)=O)cn1. The summed E-state index contributed by atoms with van der Waals surface area (Å²) in [5.74, 6) is 0.265. The number of nitrogens with two attached hydrogens (primary N) is 1. The lowest BCUT2D eigenvalue weighted by Crippen LogP contribution is -2.33. The lowest BCUT2D eigenvalue weighted by Gasteiger charge is -2.23. The summed E-state index contributed by atoms with van der Waals surface area (Å²) in [6, 6.07) is 3.57. The molecule has 0 fully saturated rings. The Balaban J connectivity index is 2.88. The van der Waals surface area contributed by atoms with E-state index in [2.05, 4.69) is 31.1 Å². The summed E-state index contributed by atoms with van der Waals surface area (Å²) in [6.45, 7) is 7.32. The van der Waals surface area contributed by atoms with Gasteiger partial charge in [0, 0.05) is 23.9 Å². The van der Waals surface area contributed by atoms with E-state index >= 15 is 0 Å². The van der Waals surface area contributed by atoms with E-state index in [-0.39, 0.29) is 10.8 Å². The van der Waals surface area contributed by atoms with Crippen LogP contribution in [-0.4, -0.2) is 26.0 Å². The highest BCUT2D eigenvalue weighted by molar-refractivity contribution is 7.89. The number of sulfonamides is 1. The van der Waals surface area contributed by atoms with E-state index in [1.807, 2.05) is 0 Å². The van der Waals surface area contributed by atoms with Gasteiger partial charge in [0.25, 0.3) is 0 Å². The number of aromatic nitrogens is 1. The van der Waals surface area contributed by atoms with Gasteiger partial charge in [-0.05, 0) is 38.4 Å². The fraction of sp³-hybridized carbons (Fsp3) is 0.615. The summed E-state index contributed by atoms with van der Waals surface area (Å²) in [5.41, 5.74) is 0.894. The van der Waals surface area contributed by atoms with Crippen LogP contribution in [0.2, 0.25) is 0 Å². The van der Waals surface area contributed by atoms with Gasteiger partial charge < -0.3 is 5.32 Å². The number of hydrogen-bond donors (Lipinski definition) is 2. The molecule has 0 saturated heterocycles. The predicted molar refractivity (Wildman–Crippen MR) is 76.4 cm³/mol. The maximum Gasteiger partial charge on any atom is 0.239 e. The van der Waals surface area contributed by atoms with Gasteiger partial charge in [-0.15, -0.1) is 0 Å². The van der Waals surface area contributed by atoms with Gasteiger partial charge in [-0.1, -0.05) is 13.8 Å². The molecule has 3 N–H and O–H groups in total. The van der Waals surface area contributed by atoms with E-state index in [9.17, 15) is 8.42 Å². The third-order valence-corrected chi connectivity index (χ3v) is 4.13. The Labute approximate surface area is 115 Å². The molecule has 19 heavy (non-hydrogen) atoms. The zero-order valence-corrected chi connectivity index (χ0v) is 12.6. The first kappa shape index (κ1) is 16.1. The minimum atomic E-state index is -3.66. The van der Waals surface area contributed by atoms with Crippen molar-refractivity contribution in [2.75, 3.05) is 6.54 Å². The van der Waals surface area contributed by atoms with Crippen LogP contribution < -0.4 is 10.5 Å². The first-order valence-corrected chi connectivity index (χ1v) is 8.16. The second-order valence-electron chi connectivity index (χ2n) is 4.72. The number of primary sulfonamides is 1. The van der Waals surface area contributed by atoms with Crippen molar-refractivity contribution in [2.24, 2.45) is 5.14 Å². The van der Waals surface area contributed by atoms with Crippen LogP contribution in [0.5, 0.6) is 0 Å². The average molecular weight is 285 g/mol. The zero-order valence-electron chi connectivity index (χ0n) is 11.8. The average Bonchev–Trinajstić information content (AvgIpc) is 2.37. The highest BCUT2D eigenvalue weighted by atomic mass is 32.2. The molecule has 1 rings (SSSR count). The molecule has 2 unspecified atom stereocenters. The van der Waals surface area contributed by atoms with Crippen molar-refractivity contribution >= 4 is 10.0 Å². The molecule has 0 aromatic carbocycles. The van der Waals surface area contributed by atoms with Gasteiger partial charge in [-0.3, -0.25) is 4.98 Å². The summed E-state index contributed by atoms with van der Waals surface area (Å²) in [5, 5.41) is 8.50. The second kappa shape index (κ2) is 6.98. The van der Waals surface area contributed by atoms with Crippen LogP contribution in [0.15, 0.2) is 23.2 Å². The van der Waals surface area contributed by atoms with Gasteiger partial charge in [-0.2, -0.15) is 0 Å². The van der Waals surface area contributed by atoms with E-state index in [0.29, 0.717) is 6.04 Å². The van der Waals surface area contributed by atoms with E-state index < -0.39 is 10.0 Å². The molecule has 6 heteroatoms. The normalized spacial score (nSPS) is 15.2. The molecule has 0 spiro atoms. The van der Waals surface area contributed by atoms with E-state index in [1.54, 1.807) is 6.07 Å². The molecule has 0 aliphatic carbocycles. The summed E-state index contributed by atoms with van der Waals surface area (Å²) in [6.07, 6.45) is 3.36. The van der Waals surface area contributed by atoms with Crippen LogP contribution in [0, 0.1) is 0 Å². The smallest absolute Gasteiger partial charge is 0.239 e. The van der Waals surface area contributed by atoms with Crippen LogP contribution in [-0.2, 0) is 10.0 Å². The van der Waals surface area contributed by atoms with Crippen molar-refractivity contribution in [3.05, 3.63) is 24.0 Å². The van der Waals surface area contributed by atoms with E-state index in [4.69, 9.17) is 5.14 Å². The molecule has 0 aliphatic rings. The maximum atomic E-state index is 11.2. The Hall–Kier alpha value is -0.980. The molecule has 0 bridgehead atoms. The number of hydrogen-bond acceptors (Lipinski definition) is 4. The Morgan fingerprint density at radius 1 is 1.37 bits per heavy atom. The molecule has 5 nitrogen and oxygen atoms in total. The van der Waals surface area contributed by atoms with Crippen molar-refractivity contribution in [3.8, 4) is 0 Å². The van der Waals surface area contributed by atoms with Crippen LogP contribution in [0.3, 0.4) is 0 Å². The van der Waals surface area contributed by atoms with Gasteiger partial charge in [0.2, 0.25) is 10.0 Å². The Kier molecular flexibility index (Phi) is 5.90. The summed E-state index contributed by atoms with van der Waals surface area (Å²) >= 11 is 0. The Morgan fingerprint density at radius 2 is 2.05 bits per heavy atom. The zero-order chi connectivity index (χ0) is 14.5. The quantitative estimate of drug-likeness (QED) is 0.797. The fourth-order valence-corrected chi connectivity index (χ4v) is 2.57.